The lowest BCUT2D eigenvalue weighted by atomic mass is 10.3. The van der Waals surface area contributed by atoms with Crippen LogP contribution in [0.5, 0.6) is 0 Å². The monoisotopic (exact) mass is 326 g/mol. The van der Waals surface area contributed by atoms with E-state index in [1.54, 1.807) is 0 Å². The molecule has 0 amide bonds. The van der Waals surface area contributed by atoms with Crippen molar-refractivity contribution in [1.29, 1.82) is 0 Å². The lowest BCUT2D eigenvalue weighted by molar-refractivity contribution is 1.11. The summed E-state index contributed by atoms with van der Waals surface area (Å²) in [6, 6.07) is 5.62. The van der Waals surface area contributed by atoms with Gasteiger partial charge in [-0.1, -0.05) is 11.6 Å². The molecule has 1 aromatic carbocycles. The summed E-state index contributed by atoms with van der Waals surface area (Å²) in [5.41, 5.74) is 1.93. The highest BCUT2D eigenvalue weighted by atomic mass is 127. The average molecular weight is 327 g/mol. The minimum atomic E-state index is 0.412. The Morgan fingerprint density at radius 2 is 2.23 bits per heavy atom. The van der Waals surface area contributed by atoms with Gasteiger partial charge in [0.2, 0.25) is 0 Å². The van der Waals surface area contributed by atoms with E-state index >= 15 is 0 Å². The molecule has 0 aliphatic heterocycles. The molecule has 0 unspecified atom stereocenters. The number of fused-ring (bicyclic) bond motifs is 1. The number of imidazole rings is 1. The van der Waals surface area contributed by atoms with E-state index in [4.69, 9.17) is 23.2 Å². The van der Waals surface area contributed by atoms with Crippen molar-refractivity contribution >= 4 is 57.1 Å². The molecule has 0 N–H and O–H groups in total. The molecule has 0 aliphatic carbocycles. The van der Waals surface area contributed by atoms with Gasteiger partial charge in [0, 0.05) is 5.02 Å². The van der Waals surface area contributed by atoms with Gasteiger partial charge in [-0.15, -0.1) is 11.6 Å². The number of hydrogen-bond acceptors (Lipinski definition) is 1. The molecule has 5 heteroatoms. The van der Waals surface area contributed by atoms with Crippen molar-refractivity contribution in [3.63, 3.8) is 0 Å². The predicted octanol–water partition coefficient (Wildman–Crippen LogP) is 3.63. The van der Waals surface area contributed by atoms with E-state index in [9.17, 15) is 0 Å². The molecule has 1 aromatic heterocycles. The van der Waals surface area contributed by atoms with Crippen LogP contribution in [0, 0.1) is 0 Å². The molecule has 0 saturated heterocycles. The Morgan fingerprint density at radius 3 is 2.92 bits per heavy atom. The molecule has 2 nitrogen and oxygen atoms in total. The Hall–Kier alpha value is 0. The van der Waals surface area contributed by atoms with Crippen LogP contribution in [-0.2, 0) is 5.88 Å². The molecular formula is C8H5Cl2IN2. The smallest absolute Gasteiger partial charge is 0.133 e. The number of nitrogens with zero attached hydrogens (tertiary/aromatic N) is 2. The van der Waals surface area contributed by atoms with Crippen LogP contribution in [0.15, 0.2) is 18.2 Å². The zero-order valence-corrected chi connectivity index (χ0v) is 10.1. The second-order valence-electron chi connectivity index (χ2n) is 2.58. The summed E-state index contributed by atoms with van der Waals surface area (Å²) in [6.45, 7) is 0. The predicted molar refractivity (Wildman–Crippen MR) is 63.7 cm³/mol. The average Bonchev–Trinajstić information content (AvgIpc) is 2.42. The van der Waals surface area contributed by atoms with Gasteiger partial charge in [-0.2, -0.15) is 0 Å². The standard InChI is InChI=1S/C8H5Cl2IN2/c9-4-8-12-6-3-5(10)1-2-7(6)13(8)11/h1-3H,4H2. The molecule has 0 atom stereocenters. The van der Waals surface area contributed by atoms with E-state index < -0.39 is 0 Å². The highest BCUT2D eigenvalue weighted by Gasteiger charge is 2.07. The molecule has 0 fully saturated rings. The van der Waals surface area contributed by atoms with Gasteiger partial charge >= 0.3 is 0 Å². The topological polar surface area (TPSA) is 17.8 Å². The number of aromatic nitrogens is 2. The van der Waals surface area contributed by atoms with E-state index in [1.807, 2.05) is 21.0 Å². The molecule has 0 saturated carbocycles. The zero-order chi connectivity index (χ0) is 9.42. The van der Waals surface area contributed by atoms with Gasteiger partial charge in [0.25, 0.3) is 0 Å². The summed E-state index contributed by atoms with van der Waals surface area (Å²) in [5.74, 6) is 1.26. The highest BCUT2D eigenvalue weighted by Crippen LogP contribution is 2.23. The minimum absolute atomic E-state index is 0.412. The Morgan fingerprint density at radius 1 is 1.46 bits per heavy atom. The molecule has 1 heterocycles. The fourth-order valence-corrected chi connectivity index (χ4v) is 2.39. The summed E-state index contributed by atoms with van der Waals surface area (Å²) < 4.78 is 1.94. The third-order valence-corrected chi connectivity index (χ3v) is 3.30. The number of halogens is 3. The van der Waals surface area contributed by atoms with Crippen molar-refractivity contribution in [2.75, 3.05) is 0 Å². The highest BCUT2D eigenvalue weighted by molar-refractivity contribution is 14.1. The lowest BCUT2D eigenvalue weighted by Crippen LogP contribution is -1.86. The summed E-state index contributed by atoms with van der Waals surface area (Å²) in [4.78, 5) is 4.33. The quantitative estimate of drug-likeness (QED) is 0.578. The number of alkyl halides is 1. The first kappa shape index (κ1) is 9.55. The van der Waals surface area contributed by atoms with Gasteiger partial charge in [0.05, 0.1) is 39.8 Å². The van der Waals surface area contributed by atoms with Crippen molar-refractivity contribution in [2.24, 2.45) is 0 Å². The molecular weight excluding hydrogens is 322 g/mol. The fourth-order valence-electron chi connectivity index (χ4n) is 1.16. The number of rotatable bonds is 1. The van der Waals surface area contributed by atoms with Crippen LogP contribution in [0.2, 0.25) is 5.02 Å². The van der Waals surface area contributed by atoms with Crippen LogP contribution in [-0.4, -0.2) is 7.76 Å². The summed E-state index contributed by atoms with van der Waals surface area (Å²) in [5, 5.41) is 0.697. The van der Waals surface area contributed by atoms with E-state index in [0.717, 1.165) is 16.9 Å². The zero-order valence-electron chi connectivity index (χ0n) is 6.47. The van der Waals surface area contributed by atoms with Gasteiger partial charge in [-0.25, -0.2) is 4.98 Å². The lowest BCUT2D eigenvalue weighted by Gasteiger charge is -1.94. The van der Waals surface area contributed by atoms with E-state index in [2.05, 4.69) is 27.8 Å². The van der Waals surface area contributed by atoms with Gasteiger partial charge in [0.15, 0.2) is 0 Å². The fraction of sp³-hybridized carbons (Fsp3) is 0.125. The number of benzene rings is 1. The maximum absolute atomic E-state index is 5.84. The van der Waals surface area contributed by atoms with Crippen molar-refractivity contribution < 1.29 is 0 Å². The largest absolute Gasteiger partial charge is 0.267 e. The van der Waals surface area contributed by atoms with Gasteiger partial charge < -0.3 is 0 Å². The second-order valence-corrected chi connectivity index (χ2v) is 4.24. The third kappa shape index (κ3) is 1.65. The van der Waals surface area contributed by atoms with Crippen LogP contribution < -0.4 is 0 Å². The van der Waals surface area contributed by atoms with Crippen LogP contribution in [0.4, 0.5) is 0 Å². The Balaban J connectivity index is 2.76. The first-order chi connectivity index (χ1) is 6.22. The molecule has 2 rings (SSSR count). The Bertz CT molecular complexity index is 453. The Kier molecular flexibility index (Phi) is 2.67. The molecule has 68 valence electrons. The van der Waals surface area contributed by atoms with Crippen LogP contribution >= 0.6 is 46.1 Å². The minimum Gasteiger partial charge on any atom is -0.267 e. The van der Waals surface area contributed by atoms with Gasteiger partial charge in [0.1, 0.15) is 5.82 Å². The normalized spacial score (nSPS) is 11.0. The molecule has 0 radical (unpaired) electrons. The summed E-state index contributed by atoms with van der Waals surface area (Å²) in [7, 11) is 0. The van der Waals surface area contributed by atoms with Crippen molar-refractivity contribution in [2.45, 2.75) is 5.88 Å². The van der Waals surface area contributed by atoms with Crippen molar-refractivity contribution in [1.82, 2.24) is 7.76 Å². The van der Waals surface area contributed by atoms with E-state index in [1.165, 1.54) is 0 Å². The van der Waals surface area contributed by atoms with Crippen LogP contribution in [0.1, 0.15) is 5.82 Å². The first-order valence-electron chi connectivity index (χ1n) is 3.61. The molecule has 13 heavy (non-hydrogen) atoms. The molecule has 2 aromatic rings. The molecule has 0 aliphatic rings. The van der Waals surface area contributed by atoms with E-state index in [0.29, 0.717) is 10.9 Å². The number of hydrogen-bond donors (Lipinski definition) is 0. The molecule has 0 spiro atoms. The van der Waals surface area contributed by atoms with Crippen molar-refractivity contribution in [3.05, 3.63) is 29.0 Å². The summed E-state index contributed by atoms with van der Waals surface area (Å²) in [6.07, 6.45) is 0. The third-order valence-electron chi connectivity index (χ3n) is 1.74. The summed E-state index contributed by atoms with van der Waals surface area (Å²) >= 11 is 13.7. The van der Waals surface area contributed by atoms with Crippen molar-refractivity contribution in [3.8, 4) is 0 Å². The van der Waals surface area contributed by atoms with E-state index in [-0.39, 0.29) is 0 Å². The van der Waals surface area contributed by atoms with Crippen LogP contribution in [0.3, 0.4) is 0 Å². The maximum Gasteiger partial charge on any atom is 0.133 e. The second kappa shape index (κ2) is 3.63. The van der Waals surface area contributed by atoms with Gasteiger partial charge in [-0.3, -0.25) is 2.78 Å². The SMILES string of the molecule is ClCc1nc2cc(Cl)ccc2n1I. The van der Waals surface area contributed by atoms with Crippen LogP contribution in [0.25, 0.3) is 11.0 Å². The first-order valence-corrected chi connectivity index (χ1v) is 5.49. The molecule has 0 bridgehead atoms. The maximum atomic E-state index is 5.84. The Labute approximate surface area is 99.3 Å². The van der Waals surface area contributed by atoms with Gasteiger partial charge in [-0.05, 0) is 18.2 Å².